The van der Waals surface area contributed by atoms with Crippen LogP contribution >= 0.6 is 22.9 Å². The number of hydrogen-bond acceptors (Lipinski definition) is 5. The number of fused-ring (bicyclic) bond motifs is 1. The van der Waals surface area contributed by atoms with Crippen LogP contribution in [0.15, 0.2) is 23.3 Å². The van der Waals surface area contributed by atoms with Gasteiger partial charge in [0.15, 0.2) is 5.13 Å². The van der Waals surface area contributed by atoms with Crippen molar-refractivity contribution in [1.29, 1.82) is 0 Å². The van der Waals surface area contributed by atoms with Gasteiger partial charge in [-0.1, -0.05) is 22.9 Å². The molecule has 0 spiro atoms. The highest BCUT2D eigenvalue weighted by Crippen LogP contribution is 2.28. The molecule has 1 aromatic heterocycles. The Kier molecular flexibility index (Phi) is 3.37. The number of carbonyl (C=O) groups excluding carboxylic acids is 2. The summed E-state index contributed by atoms with van der Waals surface area (Å²) in [6, 6.07) is 5.33. The largest absolute Gasteiger partial charge is 0.297 e. The lowest BCUT2D eigenvalue weighted by molar-refractivity contribution is -0.121. The van der Waals surface area contributed by atoms with Gasteiger partial charge in [-0.2, -0.15) is 5.10 Å². The van der Waals surface area contributed by atoms with Crippen LogP contribution in [0.2, 0.25) is 5.02 Å². The van der Waals surface area contributed by atoms with E-state index in [0.29, 0.717) is 22.3 Å². The minimum Gasteiger partial charge on any atom is -0.297 e. The van der Waals surface area contributed by atoms with Gasteiger partial charge in [-0.15, -0.1) is 0 Å². The Bertz CT molecular complexity index is 740. The zero-order chi connectivity index (χ0) is 14.1. The third-order valence-corrected chi connectivity index (χ3v) is 3.91. The highest BCUT2D eigenvalue weighted by Gasteiger charge is 2.19. The first-order valence-electron chi connectivity index (χ1n) is 5.85. The van der Waals surface area contributed by atoms with E-state index >= 15 is 0 Å². The molecule has 0 atom stereocenters. The average Bonchev–Trinajstić information content (AvgIpc) is 2.80. The Morgan fingerprint density at radius 2 is 2.25 bits per heavy atom. The van der Waals surface area contributed by atoms with E-state index in [1.807, 2.05) is 0 Å². The number of hydrazone groups is 1. The van der Waals surface area contributed by atoms with Gasteiger partial charge in [0.25, 0.3) is 5.91 Å². The van der Waals surface area contributed by atoms with Gasteiger partial charge in [-0.3, -0.25) is 14.9 Å². The molecule has 0 fully saturated rings. The van der Waals surface area contributed by atoms with Gasteiger partial charge in [-0.05, 0) is 18.2 Å². The molecule has 6 nitrogen and oxygen atoms in total. The monoisotopic (exact) mass is 308 g/mol. The summed E-state index contributed by atoms with van der Waals surface area (Å²) in [6.45, 7) is 0. The Labute approximate surface area is 122 Å². The van der Waals surface area contributed by atoms with Crippen molar-refractivity contribution in [2.24, 2.45) is 5.10 Å². The molecule has 2 N–H and O–H groups in total. The van der Waals surface area contributed by atoms with Crippen molar-refractivity contribution in [3.05, 3.63) is 23.2 Å². The van der Waals surface area contributed by atoms with E-state index in [9.17, 15) is 9.59 Å². The lowest BCUT2D eigenvalue weighted by atomic mass is 10.2. The first-order chi connectivity index (χ1) is 9.61. The molecular formula is C12H9ClN4O2S. The predicted octanol–water partition coefficient (Wildman–Crippen LogP) is 2.15. The Hall–Kier alpha value is -1.99. The summed E-state index contributed by atoms with van der Waals surface area (Å²) in [5.41, 5.74) is 3.35. The van der Waals surface area contributed by atoms with Crippen molar-refractivity contribution < 1.29 is 9.59 Å². The summed E-state index contributed by atoms with van der Waals surface area (Å²) >= 11 is 7.24. The zero-order valence-electron chi connectivity index (χ0n) is 10.1. The molecule has 0 bridgehead atoms. The molecule has 0 aliphatic carbocycles. The molecular weight excluding hydrogens is 300 g/mol. The lowest BCUT2D eigenvalue weighted by Crippen LogP contribution is -2.32. The lowest BCUT2D eigenvalue weighted by Gasteiger charge is -2.10. The number of carbonyl (C=O) groups is 2. The quantitative estimate of drug-likeness (QED) is 0.891. The van der Waals surface area contributed by atoms with Gasteiger partial charge >= 0.3 is 0 Å². The van der Waals surface area contributed by atoms with E-state index in [0.717, 1.165) is 10.2 Å². The molecule has 2 heterocycles. The highest BCUT2D eigenvalue weighted by atomic mass is 35.5. The SMILES string of the molecule is O=C1CCC(C(=O)Nc2nc3ccc(Cl)cc3s2)=NN1. The molecule has 8 heteroatoms. The third kappa shape index (κ3) is 2.63. The van der Waals surface area contributed by atoms with Crippen molar-refractivity contribution in [2.45, 2.75) is 12.8 Å². The Morgan fingerprint density at radius 1 is 1.40 bits per heavy atom. The van der Waals surface area contributed by atoms with E-state index in [1.165, 1.54) is 11.3 Å². The first-order valence-corrected chi connectivity index (χ1v) is 7.04. The molecule has 2 aromatic rings. The van der Waals surface area contributed by atoms with Crippen LogP contribution in [0.25, 0.3) is 10.2 Å². The number of amides is 2. The molecule has 0 saturated carbocycles. The van der Waals surface area contributed by atoms with E-state index in [2.05, 4.69) is 20.8 Å². The van der Waals surface area contributed by atoms with Crippen molar-refractivity contribution in [3.63, 3.8) is 0 Å². The Balaban J connectivity index is 1.79. The number of rotatable bonds is 2. The molecule has 0 radical (unpaired) electrons. The van der Waals surface area contributed by atoms with Crippen LogP contribution in [0.1, 0.15) is 12.8 Å². The van der Waals surface area contributed by atoms with Crippen LogP contribution in [-0.4, -0.2) is 22.5 Å². The van der Waals surface area contributed by atoms with Crippen molar-refractivity contribution in [1.82, 2.24) is 10.4 Å². The maximum atomic E-state index is 12.0. The zero-order valence-corrected chi connectivity index (χ0v) is 11.7. The molecule has 20 heavy (non-hydrogen) atoms. The Morgan fingerprint density at radius 3 is 3.00 bits per heavy atom. The number of aromatic nitrogens is 1. The number of thiazole rings is 1. The fourth-order valence-corrected chi connectivity index (χ4v) is 2.90. The predicted molar refractivity (Wildman–Crippen MR) is 78.1 cm³/mol. The molecule has 1 aliphatic rings. The summed E-state index contributed by atoms with van der Waals surface area (Å²) in [6.07, 6.45) is 0.593. The van der Waals surface area contributed by atoms with Gasteiger partial charge in [0.2, 0.25) is 5.91 Å². The summed E-state index contributed by atoms with van der Waals surface area (Å²) in [5.74, 6) is -0.536. The number of halogens is 1. The van der Waals surface area contributed by atoms with E-state index in [1.54, 1.807) is 18.2 Å². The highest BCUT2D eigenvalue weighted by molar-refractivity contribution is 7.22. The minimum absolute atomic E-state index is 0.184. The molecule has 0 unspecified atom stereocenters. The summed E-state index contributed by atoms with van der Waals surface area (Å²) in [4.78, 5) is 27.2. The summed E-state index contributed by atoms with van der Waals surface area (Å²) in [7, 11) is 0. The van der Waals surface area contributed by atoms with Crippen LogP contribution in [0.4, 0.5) is 5.13 Å². The van der Waals surface area contributed by atoms with Gasteiger partial charge in [0.1, 0.15) is 5.71 Å². The van der Waals surface area contributed by atoms with Gasteiger partial charge in [0.05, 0.1) is 10.2 Å². The van der Waals surface area contributed by atoms with E-state index in [4.69, 9.17) is 11.6 Å². The minimum atomic E-state index is -0.352. The second-order valence-corrected chi connectivity index (χ2v) is 5.65. The third-order valence-electron chi connectivity index (χ3n) is 2.74. The molecule has 3 rings (SSSR count). The van der Waals surface area contributed by atoms with E-state index in [-0.39, 0.29) is 18.2 Å². The fraction of sp³-hybridized carbons (Fsp3) is 0.167. The molecule has 1 aliphatic heterocycles. The maximum absolute atomic E-state index is 12.0. The average molecular weight is 309 g/mol. The van der Waals surface area contributed by atoms with Crippen LogP contribution in [0.5, 0.6) is 0 Å². The molecule has 102 valence electrons. The topological polar surface area (TPSA) is 83.5 Å². The fourth-order valence-electron chi connectivity index (χ4n) is 1.76. The summed E-state index contributed by atoms with van der Waals surface area (Å²) < 4.78 is 0.895. The normalized spacial score (nSPS) is 14.8. The number of anilines is 1. The van der Waals surface area contributed by atoms with Crippen molar-refractivity contribution in [2.75, 3.05) is 5.32 Å². The smallest absolute Gasteiger partial charge is 0.273 e. The van der Waals surface area contributed by atoms with Gasteiger partial charge < -0.3 is 0 Å². The van der Waals surface area contributed by atoms with E-state index < -0.39 is 0 Å². The van der Waals surface area contributed by atoms with Crippen molar-refractivity contribution >= 4 is 55.8 Å². The van der Waals surface area contributed by atoms with Crippen LogP contribution < -0.4 is 10.7 Å². The van der Waals surface area contributed by atoms with Crippen LogP contribution in [0, 0.1) is 0 Å². The number of nitrogens with one attached hydrogen (secondary N) is 2. The number of hydrogen-bond donors (Lipinski definition) is 2. The standard InChI is InChI=1S/C12H9ClN4O2S/c13-6-1-2-7-9(5-6)20-12(14-7)15-11(19)8-3-4-10(18)17-16-8/h1-2,5H,3-4H2,(H,17,18)(H,14,15,19). The number of nitrogens with zero attached hydrogens (tertiary/aromatic N) is 2. The molecule has 2 amide bonds. The second-order valence-electron chi connectivity index (χ2n) is 4.18. The second kappa shape index (κ2) is 5.18. The van der Waals surface area contributed by atoms with Crippen LogP contribution in [0.3, 0.4) is 0 Å². The molecule has 0 saturated heterocycles. The summed E-state index contributed by atoms with van der Waals surface area (Å²) in [5, 5.41) is 7.52. The first kappa shape index (κ1) is 13.0. The van der Waals surface area contributed by atoms with Gasteiger partial charge in [-0.25, -0.2) is 10.4 Å². The van der Waals surface area contributed by atoms with Crippen LogP contribution in [-0.2, 0) is 9.59 Å². The number of benzene rings is 1. The van der Waals surface area contributed by atoms with Gasteiger partial charge in [0, 0.05) is 17.9 Å². The van der Waals surface area contributed by atoms with Crippen molar-refractivity contribution in [3.8, 4) is 0 Å². The maximum Gasteiger partial charge on any atom is 0.273 e. The molecule has 1 aromatic carbocycles.